The second-order valence-corrected chi connectivity index (χ2v) is 7.67. The number of unbranched alkanes of at least 4 members (excludes halogenated alkanes) is 3. The van der Waals surface area contributed by atoms with Gasteiger partial charge < -0.3 is 15.0 Å². The number of carbonyl (C=O) groups is 1. The number of nitrogens with zero attached hydrogens (tertiary/aromatic N) is 1. The summed E-state index contributed by atoms with van der Waals surface area (Å²) >= 11 is 0. The molecule has 29 heavy (non-hydrogen) atoms. The van der Waals surface area contributed by atoms with Crippen LogP contribution in [0.25, 0.3) is 0 Å². The lowest BCUT2D eigenvalue weighted by Gasteiger charge is -2.26. The van der Waals surface area contributed by atoms with Crippen LogP contribution in [0.15, 0.2) is 48.5 Å². The summed E-state index contributed by atoms with van der Waals surface area (Å²) in [6, 6.07) is 17.4. The Bertz CT molecular complexity index is 758. The predicted octanol–water partition coefficient (Wildman–Crippen LogP) is 5.25. The summed E-state index contributed by atoms with van der Waals surface area (Å²) in [7, 11) is 4.19. The van der Waals surface area contributed by atoms with Crippen LogP contribution in [0.2, 0.25) is 0 Å². The van der Waals surface area contributed by atoms with Crippen LogP contribution in [-0.2, 0) is 9.53 Å². The van der Waals surface area contributed by atoms with Crippen molar-refractivity contribution in [3.63, 3.8) is 0 Å². The van der Waals surface area contributed by atoms with Gasteiger partial charge in [-0.15, -0.1) is 0 Å². The number of esters is 1. The molecule has 4 nitrogen and oxygen atoms in total. The van der Waals surface area contributed by atoms with Gasteiger partial charge in [0.25, 0.3) is 0 Å². The number of anilines is 1. The number of benzene rings is 2. The van der Waals surface area contributed by atoms with Gasteiger partial charge in [0.15, 0.2) is 0 Å². The summed E-state index contributed by atoms with van der Waals surface area (Å²) in [6.07, 6.45) is 4.70. The lowest BCUT2D eigenvalue weighted by Crippen LogP contribution is -2.26. The molecule has 1 unspecified atom stereocenters. The predicted molar refractivity (Wildman–Crippen MR) is 122 cm³/mol. The molecule has 0 bridgehead atoms. The molecule has 1 atom stereocenters. The zero-order chi connectivity index (χ0) is 21.1. The molecular formula is C25H36N2O2. The van der Waals surface area contributed by atoms with E-state index in [2.05, 4.69) is 79.8 Å². The maximum Gasteiger partial charge on any atom is 0.305 e. The normalized spacial score (nSPS) is 11.9. The molecule has 0 saturated heterocycles. The van der Waals surface area contributed by atoms with Crippen LogP contribution in [0.5, 0.6) is 0 Å². The van der Waals surface area contributed by atoms with E-state index in [0.29, 0.717) is 13.0 Å². The number of nitrogens with one attached hydrogen (secondary N) is 1. The van der Waals surface area contributed by atoms with Crippen molar-refractivity contribution in [3.8, 4) is 0 Å². The van der Waals surface area contributed by atoms with E-state index >= 15 is 0 Å². The second kappa shape index (κ2) is 12.3. The van der Waals surface area contributed by atoms with Crippen molar-refractivity contribution in [1.82, 2.24) is 5.32 Å². The van der Waals surface area contributed by atoms with Gasteiger partial charge in [0, 0.05) is 26.2 Å². The maximum atomic E-state index is 11.4. The molecule has 4 heteroatoms. The van der Waals surface area contributed by atoms with Crippen LogP contribution in [0.4, 0.5) is 5.69 Å². The molecule has 0 heterocycles. The van der Waals surface area contributed by atoms with Crippen molar-refractivity contribution >= 4 is 11.7 Å². The number of hydrogen-bond donors (Lipinski definition) is 1. The fourth-order valence-electron chi connectivity index (χ4n) is 3.66. The van der Waals surface area contributed by atoms with E-state index in [1.807, 2.05) is 6.92 Å². The minimum absolute atomic E-state index is 0.0782. The van der Waals surface area contributed by atoms with E-state index in [-0.39, 0.29) is 12.0 Å². The first-order chi connectivity index (χ1) is 14.0. The Labute approximate surface area is 176 Å². The SMILES string of the molecule is CCOC(=O)CCCCCCNC(c1ccccc1C)c1ccccc1N(C)C. The Morgan fingerprint density at radius 2 is 1.62 bits per heavy atom. The van der Waals surface area contributed by atoms with E-state index in [1.54, 1.807) is 0 Å². The van der Waals surface area contributed by atoms with Gasteiger partial charge >= 0.3 is 5.97 Å². The minimum Gasteiger partial charge on any atom is -0.466 e. The fourth-order valence-corrected chi connectivity index (χ4v) is 3.66. The van der Waals surface area contributed by atoms with Gasteiger partial charge in [0.05, 0.1) is 12.6 Å². The van der Waals surface area contributed by atoms with Gasteiger partial charge in [0.1, 0.15) is 0 Å². The third-order valence-electron chi connectivity index (χ3n) is 5.19. The summed E-state index contributed by atoms with van der Waals surface area (Å²) in [5.41, 5.74) is 5.16. The molecule has 0 spiro atoms. The number of carbonyl (C=O) groups excluding carboxylic acids is 1. The Kier molecular flexibility index (Phi) is 9.72. The monoisotopic (exact) mass is 396 g/mol. The van der Waals surface area contributed by atoms with Crippen molar-refractivity contribution in [2.45, 2.75) is 52.0 Å². The van der Waals surface area contributed by atoms with Gasteiger partial charge in [-0.1, -0.05) is 55.3 Å². The van der Waals surface area contributed by atoms with Gasteiger partial charge in [-0.2, -0.15) is 0 Å². The van der Waals surface area contributed by atoms with Crippen molar-refractivity contribution in [2.75, 3.05) is 32.1 Å². The van der Waals surface area contributed by atoms with Crippen LogP contribution in [0.3, 0.4) is 0 Å². The summed E-state index contributed by atoms with van der Waals surface area (Å²) in [5.74, 6) is -0.0782. The molecule has 0 aliphatic rings. The van der Waals surface area contributed by atoms with Gasteiger partial charge in [-0.05, 0) is 56.0 Å². The Morgan fingerprint density at radius 3 is 2.31 bits per heavy atom. The average Bonchev–Trinajstić information content (AvgIpc) is 2.71. The number of ether oxygens (including phenoxy) is 1. The van der Waals surface area contributed by atoms with Crippen LogP contribution >= 0.6 is 0 Å². The molecule has 0 amide bonds. The number of rotatable bonds is 12. The molecule has 0 aliphatic heterocycles. The summed E-state index contributed by atoms with van der Waals surface area (Å²) in [4.78, 5) is 13.6. The quantitative estimate of drug-likeness (QED) is 0.393. The number of aryl methyl sites for hydroxylation is 1. The molecule has 0 aliphatic carbocycles. The summed E-state index contributed by atoms with van der Waals surface area (Å²) in [5, 5.41) is 3.79. The van der Waals surface area contributed by atoms with Gasteiger partial charge in [0.2, 0.25) is 0 Å². The average molecular weight is 397 g/mol. The Morgan fingerprint density at radius 1 is 0.966 bits per heavy atom. The molecule has 158 valence electrons. The molecule has 2 aromatic rings. The van der Waals surface area contributed by atoms with E-state index in [9.17, 15) is 4.79 Å². The smallest absolute Gasteiger partial charge is 0.305 e. The molecule has 1 N–H and O–H groups in total. The number of para-hydroxylation sites is 1. The van der Waals surface area contributed by atoms with E-state index in [4.69, 9.17) is 4.74 Å². The second-order valence-electron chi connectivity index (χ2n) is 7.67. The highest BCUT2D eigenvalue weighted by Gasteiger charge is 2.19. The highest BCUT2D eigenvalue weighted by Crippen LogP contribution is 2.31. The van der Waals surface area contributed by atoms with E-state index in [0.717, 1.165) is 32.2 Å². The van der Waals surface area contributed by atoms with Gasteiger partial charge in [-0.25, -0.2) is 0 Å². The first-order valence-electron chi connectivity index (χ1n) is 10.7. The topological polar surface area (TPSA) is 41.6 Å². The van der Waals surface area contributed by atoms with Crippen LogP contribution < -0.4 is 10.2 Å². The first-order valence-corrected chi connectivity index (χ1v) is 10.7. The standard InChI is InChI=1S/C25H36N2O2/c1-5-29-24(28)18-8-6-7-13-19-26-25(21-15-10-9-14-20(21)2)22-16-11-12-17-23(22)27(3)4/h9-12,14-17,25-26H,5-8,13,18-19H2,1-4H3. The van der Waals surface area contributed by atoms with E-state index in [1.165, 1.54) is 22.4 Å². The Hall–Kier alpha value is -2.33. The summed E-state index contributed by atoms with van der Waals surface area (Å²) in [6.45, 7) is 5.44. The highest BCUT2D eigenvalue weighted by molar-refractivity contribution is 5.69. The maximum absolute atomic E-state index is 11.4. The largest absolute Gasteiger partial charge is 0.466 e. The third-order valence-corrected chi connectivity index (χ3v) is 5.19. The van der Waals surface area contributed by atoms with Crippen molar-refractivity contribution in [1.29, 1.82) is 0 Å². The molecule has 2 aromatic carbocycles. The molecule has 2 rings (SSSR count). The molecule has 0 fully saturated rings. The minimum atomic E-state index is -0.0782. The molecule has 0 aromatic heterocycles. The first kappa shape index (κ1) is 23.0. The van der Waals surface area contributed by atoms with Crippen molar-refractivity contribution < 1.29 is 9.53 Å². The highest BCUT2D eigenvalue weighted by atomic mass is 16.5. The number of hydrogen-bond acceptors (Lipinski definition) is 4. The van der Waals surface area contributed by atoms with Crippen LogP contribution in [0, 0.1) is 6.92 Å². The lowest BCUT2D eigenvalue weighted by molar-refractivity contribution is -0.143. The molecule has 0 radical (unpaired) electrons. The van der Waals surface area contributed by atoms with E-state index < -0.39 is 0 Å². The Balaban J connectivity index is 1.98. The van der Waals surface area contributed by atoms with Crippen molar-refractivity contribution in [3.05, 3.63) is 65.2 Å². The van der Waals surface area contributed by atoms with Gasteiger partial charge in [-0.3, -0.25) is 4.79 Å². The van der Waals surface area contributed by atoms with Crippen LogP contribution in [-0.4, -0.2) is 33.2 Å². The fraction of sp³-hybridized carbons (Fsp3) is 0.480. The third kappa shape index (κ3) is 7.21. The lowest BCUT2D eigenvalue weighted by atomic mass is 9.93. The zero-order valence-corrected chi connectivity index (χ0v) is 18.4. The molecule has 0 saturated carbocycles. The van der Waals surface area contributed by atoms with Crippen LogP contribution in [0.1, 0.15) is 61.8 Å². The molecular weight excluding hydrogens is 360 g/mol. The summed E-state index contributed by atoms with van der Waals surface area (Å²) < 4.78 is 4.99. The zero-order valence-electron chi connectivity index (χ0n) is 18.4. The van der Waals surface area contributed by atoms with Crippen molar-refractivity contribution in [2.24, 2.45) is 0 Å².